The van der Waals surface area contributed by atoms with E-state index in [2.05, 4.69) is 32.2 Å². The highest BCUT2D eigenvalue weighted by atomic mass is 16.3. The summed E-state index contributed by atoms with van der Waals surface area (Å²) in [5.74, 6) is 0.809. The fraction of sp³-hybridized carbons (Fsp3) is 0.400. The van der Waals surface area contributed by atoms with Crippen LogP contribution in [0.3, 0.4) is 0 Å². The van der Waals surface area contributed by atoms with Gasteiger partial charge in [-0.15, -0.1) is 0 Å². The summed E-state index contributed by atoms with van der Waals surface area (Å²) in [5, 5.41) is 7.76. The van der Waals surface area contributed by atoms with Crippen molar-refractivity contribution >= 4 is 17.6 Å². The zero-order chi connectivity index (χ0) is 23.5. The van der Waals surface area contributed by atoms with Crippen LogP contribution in [-0.2, 0) is 21.5 Å². The maximum atomic E-state index is 13.0. The van der Waals surface area contributed by atoms with E-state index in [4.69, 9.17) is 9.52 Å². The van der Waals surface area contributed by atoms with Gasteiger partial charge in [-0.25, -0.2) is 4.68 Å². The van der Waals surface area contributed by atoms with Crippen molar-refractivity contribution in [2.24, 2.45) is 0 Å². The van der Waals surface area contributed by atoms with Gasteiger partial charge in [0.1, 0.15) is 18.1 Å². The molecule has 0 bridgehead atoms. The molecule has 0 aliphatic rings. The topological polar surface area (TPSA) is 80.4 Å². The molecule has 2 aromatic heterocycles. The van der Waals surface area contributed by atoms with Gasteiger partial charge in [-0.3, -0.25) is 9.59 Å². The Morgan fingerprint density at radius 2 is 1.91 bits per heavy atom. The first-order valence-corrected chi connectivity index (χ1v) is 10.9. The molecule has 0 aliphatic carbocycles. The first-order valence-electron chi connectivity index (χ1n) is 10.9. The number of benzene rings is 1. The highest BCUT2D eigenvalue weighted by Gasteiger charge is 2.23. The number of aryl methyl sites for hydroxylation is 2. The molecule has 0 saturated heterocycles. The van der Waals surface area contributed by atoms with E-state index in [0.29, 0.717) is 18.0 Å². The minimum absolute atomic E-state index is 0.0731. The maximum absolute atomic E-state index is 13.0. The minimum Gasteiger partial charge on any atom is -0.467 e. The Bertz CT molecular complexity index is 1090. The van der Waals surface area contributed by atoms with Crippen LogP contribution >= 0.6 is 0 Å². The zero-order valence-electron chi connectivity index (χ0n) is 19.7. The van der Waals surface area contributed by atoms with E-state index in [1.54, 1.807) is 30.0 Å². The number of aromatic nitrogens is 2. The summed E-state index contributed by atoms with van der Waals surface area (Å²) in [6.45, 7) is 12.3. The Morgan fingerprint density at radius 3 is 2.50 bits per heavy atom. The van der Waals surface area contributed by atoms with Crippen LogP contribution in [0.1, 0.15) is 56.7 Å². The first-order chi connectivity index (χ1) is 15.1. The molecule has 0 atom stereocenters. The number of hydrogen-bond donors (Lipinski definition) is 1. The molecule has 0 fully saturated rings. The third-order valence-electron chi connectivity index (χ3n) is 5.24. The Labute approximate surface area is 189 Å². The summed E-state index contributed by atoms with van der Waals surface area (Å²) in [5.41, 5.74) is 3.80. The average Bonchev–Trinajstić information content (AvgIpc) is 3.37. The number of hydrogen-bond acceptors (Lipinski definition) is 4. The summed E-state index contributed by atoms with van der Waals surface area (Å²) in [7, 11) is 0. The number of rotatable bonds is 7. The van der Waals surface area contributed by atoms with Crippen molar-refractivity contribution in [1.29, 1.82) is 0 Å². The molecule has 32 heavy (non-hydrogen) atoms. The molecule has 0 radical (unpaired) electrons. The smallest absolute Gasteiger partial charge is 0.245 e. The molecule has 3 aromatic rings. The van der Waals surface area contributed by atoms with Crippen molar-refractivity contribution in [3.05, 3.63) is 65.2 Å². The van der Waals surface area contributed by atoms with Crippen LogP contribution < -0.4 is 5.32 Å². The Hall–Kier alpha value is -3.35. The van der Waals surface area contributed by atoms with Crippen molar-refractivity contribution in [2.45, 2.75) is 59.9 Å². The lowest BCUT2D eigenvalue weighted by Gasteiger charge is -2.21. The number of carbonyl (C=O) groups excluding carboxylic acids is 2. The Balaban J connectivity index is 1.88. The normalized spacial score (nSPS) is 11.4. The Kier molecular flexibility index (Phi) is 6.87. The number of furan rings is 1. The van der Waals surface area contributed by atoms with Crippen LogP contribution in [0, 0.1) is 13.8 Å². The van der Waals surface area contributed by atoms with Crippen molar-refractivity contribution < 1.29 is 14.0 Å². The molecule has 0 saturated carbocycles. The molecule has 2 amide bonds. The molecule has 1 aromatic carbocycles. The summed E-state index contributed by atoms with van der Waals surface area (Å²) in [6, 6.07) is 11.6. The highest BCUT2D eigenvalue weighted by Crippen LogP contribution is 2.27. The van der Waals surface area contributed by atoms with Gasteiger partial charge in [0.15, 0.2) is 0 Å². The molecule has 2 heterocycles. The van der Waals surface area contributed by atoms with Crippen molar-refractivity contribution in [3.8, 4) is 5.69 Å². The highest BCUT2D eigenvalue weighted by molar-refractivity contribution is 5.94. The summed E-state index contributed by atoms with van der Waals surface area (Å²) in [4.78, 5) is 26.9. The van der Waals surface area contributed by atoms with E-state index in [-0.39, 0.29) is 30.3 Å². The van der Waals surface area contributed by atoms with Crippen LogP contribution in [0.4, 0.5) is 5.82 Å². The van der Waals surface area contributed by atoms with Gasteiger partial charge in [0, 0.05) is 17.9 Å². The second-order valence-electron chi connectivity index (χ2n) is 9.10. The van der Waals surface area contributed by atoms with Gasteiger partial charge in [0.25, 0.3) is 0 Å². The average molecular weight is 437 g/mol. The van der Waals surface area contributed by atoms with E-state index in [1.807, 2.05) is 32.0 Å². The van der Waals surface area contributed by atoms with Gasteiger partial charge in [-0.05, 0) is 37.6 Å². The molecular formula is C25H32N4O3. The van der Waals surface area contributed by atoms with Gasteiger partial charge < -0.3 is 14.6 Å². The van der Waals surface area contributed by atoms with Crippen LogP contribution in [0.15, 0.2) is 47.1 Å². The molecule has 3 rings (SSSR count). The number of anilines is 1. The fourth-order valence-electron chi connectivity index (χ4n) is 3.47. The van der Waals surface area contributed by atoms with Crippen molar-refractivity contribution in [1.82, 2.24) is 14.7 Å². The third-order valence-corrected chi connectivity index (χ3v) is 5.24. The fourth-order valence-corrected chi connectivity index (χ4v) is 3.47. The van der Waals surface area contributed by atoms with Crippen LogP contribution in [0.25, 0.3) is 5.69 Å². The maximum Gasteiger partial charge on any atom is 0.245 e. The second-order valence-corrected chi connectivity index (χ2v) is 9.10. The summed E-state index contributed by atoms with van der Waals surface area (Å²) < 4.78 is 7.13. The molecular weight excluding hydrogens is 404 g/mol. The standard InChI is InChI=1S/C25H32N4O3/c1-7-24(31)28(15-19-9-8-12-32-19)16-23(30)26-22-14-21(25(4,5)6)27-29(22)20-11-10-17(2)13-18(20)3/h8-14H,7,15-16H2,1-6H3,(H,26,30). The number of nitrogens with zero attached hydrogens (tertiary/aromatic N) is 3. The van der Waals surface area contributed by atoms with Gasteiger partial charge >= 0.3 is 0 Å². The first kappa shape index (κ1) is 23.3. The summed E-state index contributed by atoms with van der Waals surface area (Å²) in [6.07, 6.45) is 1.86. The zero-order valence-corrected chi connectivity index (χ0v) is 19.7. The molecule has 0 unspecified atom stereocenters. The van der Waals surface area contributed by atoms with Crippen molar-refractivity contribution in [3.63, 3.8) is 0 Å². The lowest BCUT2D eigenvalue weighted by molar-refractivity contribution is -0.135. The van der Waals surface area contributed by atoms with Gasteiger partial charge in [-0.2, -0.15) is 5.10 Å². The minimum atomic E-state index is -0.287. The monoisotopic (exact) mass is 436 g/mol. The molecule has 7 nitrogen and oxygen atoms in total. The Morgan fingerprint density at radius 1 is 1.16 bits per heavy atom. The number of carbonyl (C=O) groups is 2. The van der Waals surface area contributed by atoms with E-state index < -0.39 is 0 Å². The van der Waals surface area contributed by atoms with Gasteiger partial charge in [0.05, 0.1) is 24.2 Å². The number of nitrogens with one attached hydrogen (secondary N) is 1. The number of amides is 2. The predicted octanol–water partition coefficient (Wildman–Crippen LogP) is 4.76. The summed E-state index contributed by atoms with van der Waals surface area (Å²) >= 11 is 0. The van der Waals surface area contributed by atoms with E-state index >= 15 is 0 Å². The second kappa shape index (κ2) is 9.42. The third kappa shape index (κ3) is 5.46. The quantitative estimate of drug-likeness (QED) is 0.579. The van der Waals surface area contributed by atoms with Crippen LogP contribution in [0.2, 0.25) is 0 Å². The van der Waals surface area contributed by atoms with Gasteiger partial charge in [-0.1, -0.05) is 45.4 Å². The molecule has 0 spiro atoms. The molecule has 0 aliphatic heterocycles. The molecule has 7 heteroatoms. The molecule has 1 N–H and O–H groups in total. The molecule has 170 valence electrons. The van der Waals surface area contributed by atoms with Crippen LogP contribution in [-0.4, -0.2) is 33.0 Å². The predicted molar refractivity (Wildman–Crippen MR) is 125 cm³/mol. The van der Waals surface area contributed by atoms with Crippen molar-refractivity contribution in [2.75, 3.05) is 11.9 Å². The lowest BCUT2D eigenvalue weighted by atomic mass is 9.92. The van der Waals surface area contributed by atoms with E-state index in [1.165, 1.54) is 4.90 Å². The van der Waals surface area contributed by atoms with Gasteiger partial charge in [0.2, 0.25) is 11.8 Å². The SMILES string of the molecule is CCC(=O)N(CC(=O)Nc1cc(C(C)(C)C)nn1-c1ccc(C)cc1C)Cc1ccco1. The lowest BCUT2D eigenvalue weighted by Crippen LogP contribution is -2.37. The van der Waals surface area contributed by atoms with Crippen LogP contribution in [0.5, 0.6) is 0 Å². The largest absolute Gasteiger partial charge is 0.467 e. The van der Waals surface area contributed by atoms with E-state index in [0.717, 1.165) is 22.5 Å². The van der Waals surface area contributed by atoms with E-state index in [9.17, 15) is 9.59 Å².